The lowest BCUT2D eigenvalue weighted by molar-refractivity contribution is -0.441. The molecular formula is C23H16F13NO6S. The van der Waals surface area contributed by atoms with Crippen LogP contribution in [0.1, 0.15) is 26.3 Å². The molecule has 0 unspecified atom stereocenters. The van der Waals surface area contributed by atoms with Crippen molar-refractivity contribution in [1.82, 2.24) is 4.90 Å². The molecule has 1 aliphatic heterocycles. The zero-order valence-corrected chi connectivity index (χ0v) is 22.3. The molecule has 0 saturated carbocycles. The highest BCUT2D eigenvalue weighted by molar-refractivity contribution is 7.85. The molecule has 0 aromatic heterocycles. The third kappa shape index (κ3) is 5.46. The summed E-state index contributed by atoms with van der Waals surface area (Å²) in [6.07, 6.45) is -6.82. The lowest BCUT2D eigenvalue weighted by atomic mass is 9.85. The molecule has 0 atom stereocenters. The highest BCUT2D eigenvalue weighted by Gasteiger charge is 2.91. The van der Waals surface area contributed by atoms with Gasteiger partial charge in [-0.15, -0.1) is 0 Å². The van der Waals surface area contributed by atoms with Gasteiger partial charge in [0.2, 0.25) is 0 Å². The maximum Gasteiger partial charge on any atom is 0.460 e. The summed E-state index contributed by atoms with van der Waals surface area (Å²) in [5.41, 5.74) is -3.67. The molecular weight excluding hydrogens is 665 g/mol. The number of ether oxygens (including phenoxy) is 1. The summed E-state index contributed by atoms with van der Waals surface area (Å²) in [6, 6.07) is 2.20. The van der Waals surface area contributed by atoms with Crippen LogP contribution in [0.25, 0.3) is 10.8 Å². The van der Waals surface area contributed by atoms with E-state index in [0.717, 1.165) is 12.3 Å². The predicted molar refractivity (Wildman–Crippen MR) is 121 cm³/mol. The number of imide groups is 1. The molecule has 0 radical (unpaired) electrons. The Labute approximate surface area is 237 Å². The molecule has 44 heavy (non-hydrogen) atoms. The number of carbonyl (C=O) groups excluding carboxylic acids is 2. The minimum Gasteiger partial charge on any atom is -0.377 e. The Bertz CT molecular complexity index is 1550. The molecule has 0 spiro atoms. The molecule has 3 rings (SSSR count). The molecule has 0 bridgehead atoms. The van der Waals surface area contributed by atoms with Crippen LogP contribution in [0.3, 0.4) is 0 Å². The van der Waals surface area contributed by atoms with Gasteiger partial charge in [-0.05, 0) is 17.5 Å². The minimum absolute atomic E-state index is 0.142. The average molecular weight is 681 g/mol. The van der Waals surface area contributed by atoms with Crippen LogP contribution in [0.2, 0.25) is 0 Å². The quantitative estimate of drug-likeness (QED) is 0.125. The van der Waals surface area contributed by atoms with E-state index in [9.17, 15) is 66.3 Å². The summed E-state index contributed by atoms with van der Waals surface area (Å²) >= 11 is 0. The average Bonchev–Trinajstić information content (AvgIpc) is 2.88. The first-order valence-corrected chi connectivity index (χ1v) is 13.4. The van der Waals surface area contributed by atoms with Crippen LogP contribution in [-0.4, -0.2) is 87.6 Å². The number of alkyl halides is 13. The third-order valence-corrected chi connectivity index (χ3v) is 6.84. The second-order valence-corrected chi connectivity index (χ2v) is 10.8. The first-order chi connectivity index (χ1) is 19.8. The topological polar surface area (TPSA) is 90.0 Å². The Kier molecular flexibility index (Phi) is 8.82. The zero-order valence-electron chi connectivity index (χ0n) is 21.4. The van der Waals surface area contributed by atoms with Gasteiger partial charge in [0, 0.05) is 22.1 Å². The third-order valence-electron chi connectivity index (χ3n) is 6.25. The predicted octanol–water partition coefficient (Wildman–Crippen LogP) is 5.62. The summed E-state index contributed by atoms with van der Waals surface area (Å²) in [4.78, 5) is 26.3. The lowest BCUT2D eigenvalue weighted by Crippen LogP contribution is -2.69. The van der Waals surface area contributed by atoms with E-state index in [-0.39, 0.29) is 12.7 Å². The fourth-order valence-electron chi connectivity index (χ4n) is 4.06. The number of nitrogens with zero attached hydrogens (tertiary/aromatic N) is 1. The fraction of sp³-hybridized carbons (Fsp3) is 0.478. The highest BCUT2D eigenvalue weighted by Crippen LogP contribution is 2.62. The van der Waals surface area contributed by atoms with E-state index in [0.29, 0.717) is 23.1 Å². The summed E-state index contributed by atoms with van der Waals surface area (Å²) in [5.74, 6) is -40.8. The Morgan fingerprint density at radius 2 is 1.20 bits per heavy atom. The van der Waals surface area contributed by atoms with E-state index in [4.69, 9.17) is 4.74 Å². The molecule has 1 heterocycles. The Balaban J connectivity index is 2.02. The van der Waals surface area contributed by atoms with E-state index < -0.39 is 105 Å². The number of halogens is 13. The summed E-state index contributed by atoms with van der Waals surface area (Å²) < 4.78 is 210. The van der Waals surface area contributed by atoms with Crippen molar-refractivity contribution in [2.75, 3.05) is 32.6 Å². The molecule has 0 N–H and O–H groups in total. The van der Waals surface area contributed by atoms with E-state index in [1.165, 1.54) is 0 Å². The molecule has 0 saturated heterocycles. The molecule has 246 valence electrons. The van der Waals surface area contributed by atoms with E-state index >= 15 is 8.78 Å². The highest BCUT2D eigenvalue weighted by atomic mass is 32.2. The van der Waals surface area contributed by atoms with E-state index in [2.05, 4.69) is 4.18 Å². The monoisotopic (exact) mass is 681 g/mol. The molecule has 2 aromatic rings. The number of hydrogen-bond donors (Lipinski definition) is 0. The maximum atomic E-state index is 15.0. The van der Waals surface area contributed by atoms with Crippen LogP contribution in [0.15, 0.2) is 30.3 Å². The van der Waals surface area contributed by atoms with Gasteiger partial charge in [0.05, 0.1) is 32.6 Å². The van der Waals surface area contributed by atoms with Gasteiger partial charge in [-0.1, -0.05) is 18.2 Å². The second kappa shape index (κ2) is 11.0. The fourth-order valence-corrected chi connectivity index (χ4v) is 4.43. The van der Waals surface area contributed by atoms with Crippen molar-refractivity contribution in [2.24, 2.45) is 0 Å². The number of carbonyl (C=O) groups is 2. The van der Waals surface area contributed by atoms with Gasteiger partial charge in [-0.3, -0.25) is 18.7 Å². The van der Waals surface area contributed by atoms with Crippen LogP contribution in [0, 0.1) is 0 Å². The van der Waals surface area contributed by atoms with Crippen molar-refractivity contribution in [3.63, 3.8) is 0 Å². The van der Waals surface area contributed by atoms with Crippen LogP contribution in [0.4, 0.5) is 57.1 Å². The van der Waals surface area contributed by atoms with Gasteiger partial charge in [0.1, 0.15) is 0 Å². The van der Waals surface area contributed by atoms with Gasteiger partial charge in [-0.25, -0.2) is 0 Å². The van der Waals surface area contributed by atoms with Crippen molar-refractivity contribution in [1.29, 1.82) is 0 Å². The van der Waals surface area contributed by atoms with Crippen molar-refractivity contribution in [3.8, 4) is 0 Å². The number of hydrogen-bond acceptors (Lipinski definition) is 6. The molecule has 21 heteroatoms. The Hall–Kier alpha value is -3.20. The normalized spacial score (nSPS) is 15.8. The number of amides is 2. The van der Waals surface area contributed by atoms with Gasteiger partial charge in [0.15, 0.2) is 0 Å². The Morgan fingerprint density at radius 1 is 0.682 bits per heavy atom. The summed E-state index contributed by atoms with van der Waals surface area (Å²) in [6.45, 7) is -1.80. The SMILES string of the molecule is CS(=O)(=O)OCCOCCN1C(=O)c2cccc3c(C(F)(F)C(F)(F)C(F)(F)C(F)(F)C(F)(F)C(F)(F)F)ccc(c23)C1=O. The van der Waals surface area contributed by atoms with E-state index in [1.54, 1.807) is 0 Å². The minimum atomic E-state index is -8.09. The van der Waals surface area contributed by atoms with Crippen molar-refractivity contribution >= 4 is 32.7 Å². The van der Waals surface area contributed by atoms with Gasteiger partial charge < -0.3 is 4.74 Å². The standard InChI is InChI=1S/C23H16F13NO6S/c1-44(40,41)43-10-9-42-8-7-37-16(38)12-4-2-3-11-14(6-5-13(15(11)12)17(37)39)18(24,25)19(26,27)20(28,29)21(30,31)22(32,33)23(34,35)36/h2-6H,7-10H2,1H3. The van der Waals surface area contributed by atoms with Crippen LogP contribution in [-0.2, 0) is 25.0 Å². The molecule has 2 aromatic carbocycles. The smallest absolute Gasteiger partial charge is 0.377 e. The van der Waals surface area contributed by atoms with Gasteiger partial charge in [-0.2, -0.15) is 65.5 Å². The van der Waals surface area contributed by atoms with Gasteiger partial charge >= 0.3 is 35.8 Å². The zero-order chi connectivity index (χ0) is 33.9. The Morgan fingerprint density at radius 3 is 1.73 bits per heavy atom. The van der Waals surface area contributed by atoms with Crippen molar-refractivity contribution in [2.45, 2.75) is 35.8 Å². The van der Waals surface area contributed by atoms with Crippen molar-refractivity contribution < 1.29 is 84.0 Å². The van der Waals surface area contributed by atoms with Crippen LogP contribution in [0.5, 0.6) is 0 Å². The first kappa shape index (κ1) is 35.3. The molecule has 1 aliphatic rings. The number of rotatable bonds is 12. The lowest BCUT2D eigenvalue weighted by Gasteiger charge is -2.40. The molecule has 7 nitrogen and oxygen atoms in total. The summed E-state index contributed by atoms with van der Waals surface area (Å²) in [5, 5.41) is -2.16. The first-order valence-electron chi connectivity index (χ1n) is 11.6. The molecule has 0 fully saturated rings. The molecule has 0 aliphatic carbocycles. The second-order valence-electron chi connectivity index (χ2n) is 9.16. The molecule has 2 amide bonds. The maximum absolute atomic E-state index is 15.0. The van der Waals surface area contributed by atoms with Crippen molar-refractivity contribution in [3.05, 3.63) is 47.0 Å². The van der Waals surface area contributed by atoms with E-state index in [1.807, 2.05) is 0 Å². The largest absolute Gasteiger partial charge is 0.460 e. The van der Waals surface area contributed by atoms with Crippen LogP contribution >= 0.6 is 0 Å². The van der Waals surface area contributed by atoms with Gasteiger partial charge in [0.25, 0.3) is 21.9 Å². The number of benzene rings is 2. The van der Waals surface area contributed by atoms with Crippen LogP contribution < -0.4 is 0 Å². The summed E-state index contributed by atoms with van der Waals surface area (Å²) in [7, 11) is -3.81.